The predicted octanol–water partition coefficient (Wildman–Crippen LogP) is 7.23. The van der Waals surface area contributed by atoms with Gasteiger partial charge in [-0.25, -0.2) is 19.5 Å². The van der Waals surface area contributed by atoms with Crippen LogP contribution in [0.5, 0.6) is 0 Å². The third kappa shape index (κ3) is 8.70. The van der Waals surface area contributed by atoms with Gasteiger partial charge in [0.05, 0.1) is 23.0 Å². The molecule has 0 saturated carbocycles. The standard InChI is InChI=1S/C36H47ClN6O5S/c1-34(2,3)48-33(45)43-22-23(21-36(43,6)7)16-17-27(26-13-8-9-19-38-26)39-28-14-10-15-29(40-28)49(46,47)42-32(44)25-20-24-12-11-18-35(4,5)30(24)41-31(25)37/h8-10,13-15,19-20,23,27H,11-12,16-18,21-22H2,1-7H3,(H,39,40)(H,42,44)/t23-,27?/m0/s1. The van der Waals surface area contributed by atoms with Crippen molar-refractivity contribution >= 4 is 39.4 Å². The Morgan fingerprint density at radius 2 is 1.86 bits per heavy atom. The third-order valence-corrected chi connectivity index (χ3v) is 10.7. The lowest BCUT2D eigenvalue weighted by Crippen LogP contribution is -2.45. The molecule has 1 fully saturated rings. The van der Waals surface area contributed by atoms with Gasteiger partial charge in [0.15, 0.2) is 5.03 Å². The van der Waals surface area contributed by atoms with Crippen molar-refractivity contribution in [2.24, 2.45) is 5.92 Å². The zero-order valence-electron chi connectivity index (χ0n) is 29.3. The van der Waals surface area contributed by atoms with E-state index in [1.807, 2.05) is 43.9 Å². The number of aryl methyl sites for hydroxylation is 1. The van der Waals surface area contributed by atoms with Gasteiger partial charge in [-0.15, -0.1) is 0 Å². The molecule has 13 heteroatoms. The number of likely N-dealkylation sites (tertiary alicyclic amines) is 1. The second-order valence-electron chi connectivity index (χ2n) is 15.4. The van der Waals surface area contributed by atoms with E-state index in [2.05, 4.69) is 52.7 Å². The lowest BCUT2D eigenvalue weighted by molar-refractivity contribution is 0.0130. The fourth-order valence-electron chi connectivity index (χ4n) is 6.86. The number of sulfonamides is 1. The number of halogens is 1. The molecule has 2 atom stereocenters. The first-order valence-electron chi connectivity index (χ1n) is 16.8. The number of amides is 2. The molecule has 3 aromatic heterocycles. The highest BCUT2D eigenvalue weighted by Gasteiger charge is 2.43. The fourth-order valence-corrected chi connectivity index (χ4v) is 8.02. The van der Waals surface area contributed by atoms with Crippen molar-refractivity contribution in [2.45, 2.75) is 115 Å². The maximum atomic E-state index is 13.4. The van der Waals surface area contributed by atoms with Gasteiger partial charge in [0.1, 0.15) is 16.6 Å². The molecule has 4 heterocycles. The molecule has 1 unspecified atom stereocenters. The van der Waals surface area contributed by atoms with Crippen molar-refractivity contribution in [3.05, 3.63) is 76.3 Å². The van der Waals surface area contributed by atoms with Crippen molar-refractivity contribution in [3.63, 3.8) is 0 Å². The SMILES string of the molecule is CC(C)(C)OC(=O)N1C[C@@H](CCC(Nc2cccc(S(=O)(=O)NC(=O)c3cc4c(nc3Cl)C(C)(C)CCC4)n2)c2ccccn2)CC1(C)C. The van der Waals surface area contributed by atoms with Crippen LogP contribution in [0.3, 0.4) is 0 Å². The number of nitrogens with one attached hydrogen (secondary N) is 2. The summed E-state index contributed by atoms with van der Waals surface area (Å²) in [5.41, 5.74) is 1.38. The Hall–Kier alpha value is -3.77. The molecule has 1 aliphatic carbocycles. The Morgan fingerprint density at radius 1 is 1.10 bits per heavy atom. The van der Waals surface area contributed by atoms with Crippen LogP contribution in [0.15, 0.2) is 53.7 Å². The molecular formula is C36H47ClN6O5S. The molecule has 0 spiro atoms. The van der Waals surface area contributed by atoms with E-state index in [1.54, 1.807) is 24.4 Å². The van der Waals surface area contributed by atoms with Crippen molar-refractivity contribution in [1.82, 2.24) is 24.6 Å². The summed E-state index contributed by atoms with van der Waals surface area (Å²) in [5.74, 6) is -0.333. The number of rotatable bonds is 9. The van der Waals surface area contributed by atoms with Crippen LogP contribution in [-0.4, -0.2) is 58.0 Å². The van der Waals surface area contributed by atoms with E-state index in [-0.39, 0.29) is 44.7 Å². The van der Waals surface area contributed by atoms with Crippen LogP contribution in [0.1, 0.15) is 114 Å². The summed E-state index contributed by atoms with van der Waals surface area (Å²) in [7, 11) is -4.36. The van der Waals surface area contributed by atoms with E-state index >= 15 is 0 Å². The van der Waals surface area contributed by atoms with E-state index < -0.39 is 21.5 Å². The highest BCUT2D eigenvalue weighted by molar-refractivity contribution is 7.90. The van der Waals surface area contributed by atoms with Gasteiger partial charge in [0, 0.05) is 23.7 Å². The van der Waals surface area contributed by atoms with E-state index in [4.69, 9.17) is 16.3 Å². The van der Waals surface area contributed by atoms with E-state index in [1.165, 1.54) is 6.07 Å². The van der Waals surface area contributed by atoms with Crippen LogP contribution in [0.4, 0.5) is 10.6 Å². The minimum atomic E-state index is -4.36. The normalized spacial score (nSPS) is 19.1. The van der Waals surface area contributed by atoms with Crippen molar-refractivity contribution in [2.75, 3.05) is 11.9 Å². The van der Waals surface area contributed by atoms with Crippen LogP contribution in [-0.2, 0) is 26.6 Å². The number of nitrogens with zero attached hydrogens (tertiary/aromatic N) is 4. The average molecular weight is 711 g/mol. The summed E-state index contributed by atoms with van der Waals surface area (Å²) in [4.78, 5) is 41.5. The minimum absolute atomic E-state index is 0.00603. The van der Waals surface area contributed by atoms with Gasteiger partial charge in [0.2, 0.25) is 0 Å². The molecule has 264 valence electrons. The Morgan fingerprint density at radius 3 is 2.55 bits per heavy atom. The Labute approximate surface area is 294 Å². The number of pyridine rings is 3. The monoisotopic (exact) mass is 710 g/mol. The maximum absolute atomic E-state index is 13.4. The molecule has 2 aliphatic rings. The Kier molecular flexibility index (Phi) is 10.3. The van der Waals surface area contributed by atoms with Gasteiger partial charge in [-0.05, 0) is 115 Å². The number of anilines is 1. The average Bonchev–Trinajstić information content (AvgIpc) is 3.32. The maximum Gasteiger partial charge on any atom is 0.410 e. The first-order chi connectivity index (χ1) is 22.8. The third-order valence-electron chi connectivity index (χ3n) is 9.22. The summed E-state index contributed by atoms with van der Waals surface area (Å²) >= 11 is 6.42. The summed E-state index contributed by atoms with van der Waals surface area (Å²) in [6.45, 7) is 14.4. The van der Waals surface area contributed by atoms with E-state index in [0.717, 1.165) is 49.1 Å². The first-order valence-corrected chi connectivity index (χ1v) is 18.6. The van der Waals surface area contributed by atoms with Gasteiger partial charge >= 0.3 is 6.09 Å². The van der Waals surface area contributed by atoms with Gasteiger partial charge in [-0.2, -0.15) is 8.42 Å². The Bertz CT molecular complexity index is 1810. The van der Waals surface area contributed by atoms with Crippen molar-refractivity contribution in [3.8, 4) is 0 Å². The topological polar surface area (TPSA) is 143 Å². The highest BCUT2D eigenvalue weighted by atomic mass is 35.5. The number of ether oxygens (including phenoxy) is 1. The molecule has 0 aromatic carbocycles. The molecule has 3 aromatic rings. The van der Waals surface area contributed by atoms with Crippen molar-refractivity contribution < 1.29 is 22.7 Å². The van der Waals surface area contributed by atoms with Gasteiger partial charge < -0.3 is 15.0 Å². The zero-order chi connectivity index (χ0) is 35.8. The smallest absolute Gasteiger partial charge is 0.410 e. The largest absolute Gasteiger partial charge is 0.444 e. The van der Waals surface area contributed by atoms with Crippen LogP contribution in [0.25, 0.3) is 0 Å². The number of hydrogen-bond acceptors (Lipinski definition) is 9. The number of carbonyl (C=O) groups excluding carboxylic acids is 2. The molecular weight excluding hydrogens is 664 g/mol. The van der Waals surface area contributed by atoms with E-state index in [0.29, 0.717) is 18.8 Å². The quantitative estimate of drug-likeness (QED) is 0.220. The fraction of sp³-hybridized carbons (Fsp3) is 0.528. The highest BCUT2D eigenvalue weighted by Crippen LogP contribution is 2.39. The first kappa shape index (κ1) is 36.5. The lowest BCUT2D eigenvalue weighted by Gasteiger charge is -2.33. The number of hydrogen-bond donors (Lipinski definition) is 2. The van der Waals surface area contributed by atoms with Gasteiger partial charge in [-0.1, -0.05) is 37.6 Å². The molecule has 2 amide bonds. The predicted molar refractivity (Wildman–Crippen MR) is 189 cm³/mol. The number of carbonyl (C=O) groups is 2. The number of aromatic nitrogens is 3. The Balaban J connectivity index is 1.30. The molecule has 11 nitrogen and oxygen atoms in total. The van der Waals surface area contributed by atoms with Crippen LogP contribution >= 0.6 is 11.6 Å². The second-order valence-corrected chi connectivity index (χ2v) is 17.4. The summed E-state index contributed by atoms with van der Waals surface area (Å²) in [6.07, 6.45) is 6.26. The molecule has 0 radical (unpaired) electrons. The van der Waals surface area contributed by atoms with E-state index in [9.17, 15) is 18.0 Å². The molecule has 2 N–H and O–H groups in total. The van der Waals surface area contributed by atoms with Crippen LogP contribution in [0.2, 0.25) is 5.15 Å². The molecule has 5 rings (SSSR count). The zero-order valence-corrected chi connectivity index (χ0v) is 30.9. The van der Waals surface area contributed by atoms with Crippen molar-refractivity contribution in [1.29, 1.82) is 0 Å². The summed E-state index contributed by atoms with van der Waals surface area (Å²) in [6, 6.07) is 11.5. The molecule has 1 saturated heterocycles. The molecule has 0 bridgehead atoms. The second kappa shape index (κ2) is 13.9. The van der Waals surface area contributed by atoms with Crippen LogP contribution in [0, 0.1) is 5.92 Å². The lowest BCUT2D eigenvalue weighted by atomic mass is 9.76. The number of fused-ring (bicyclic) bond motifs is 1. The summed E-state index contributed by atoms with van der Waals surface area (Å²) in [5, 5.41) is 3.01. The minimum Gasteiger partial charge on any atom is -0.444 e. The van der Waals surface area contributed by atoms with Crippen LogP contribution < -0.4 is 10.0 Å². The van der Waals surface area contributed by atoms with Gasteiger partial charge in [-0.3, -0.25) is 9.78 Å². The van der Waals surface area contributed by atoms with Gasteiger partial charge in [0.25, 0.3) is 15.9 Å². The molecule has 1 aliphatic heterocycles. The molecule has 49 heavy (non-hydrogen) atoms. The summed E-state index contributed by atoms with van der Waals surface area (Å²) < 4.78 is 34.6.